The first-order valence-electron chi connectivity index (χ1n) is 7.95. The fourth-order valence-electron chi connectivity index (χ4n) is 2.89. The van der Waals surface area contributed by atoms with E-state index in [0.717, 1.165) is 38.9 Å². The molecule has 1 aliphatic heterocycles. The Hall–Kier alpha value is -1.39. The zero-order valence-corrected chi connectivity index (χ0v) is 12.8. The van der Waals surface area contributed by atoms with Gasteiger partial charge < -0.3 is 15.3 Å². The van der Waals surface area contributed by atoms with Crippen LogP contribution in [-0.2, 0) is 4.79 Å². The van der Waals surface area contributed by atoms with Crippen LogP contribution in [-0.4, -0.2) is 42.1 Å². The molecule has 1 unspecified atom stereocenters. The van der Waals surface area contributed by atoms with Crippen LogP contribution in [0, 0.1) is 5.92 Å². The Labute approximate surface area is 127 Å². The summed E-state index contributed by atoms with van der Waals surface area (Å²) in [5, 5.41) is 13.7. The molecule has 2 N–H and O–H groups in total. The maximum atomic E-state index is 12.6. The predicted molar refractivity (Wildman–Crippen MR) is 83.9 cm³/mol. The molecule has 1 aromatic rings. The van der Waals surface area contributed by atoms with E-state index in [-0.39, 0.29) is 5.91 Å². The zero-order chi connectivity index (χ0) is 15.1. The van der Waals surface area contributed by atoms with Gasteiger partial charge in [-0.05, 0) is 43.8 Å². The number of nitrogens with zero attached hydrogens (tertiary/aromatic N) is 1. The van der Waals surface area contributed by atoms with Crippen LogP contribution < -0.4 is 5.32 Å². The lowest BCUT2D eigenvalue weighted by Gasteiger charge is -2.31. The van der Waals surface area contributed by atoms with Gasteiger partial charge in [-0.25, -0.2) is 0 Å². The topological polar surface area (TPSA) is 52.6 Å². The Bertz CT molecular complexity index is 430. The predicted octanol–water partition coefficient (Wildman–Crippen LogP) is 1.96. The summed E-state index contributed by atoms with van der Waals surface area (Å²) in [4.78, 5) is 14.4. The summed E-state index contributed by atoms with van der Waals surface area (Å²) < 4.78 is 0. The van der Waals surface area contributed by atoms with Crippen LogP contribution in [0.2, 0.25) is 0 Å². The van der Waals surface area contributed by atoms with Crippen LogP contribution in [0.3, 0.4) is 0 Å². The Balaban J connectivity index is 2.00. The Morgan fingerprint density at radius 3 is 2.62 bits per heavy atom. The van der Waals surface area contributed by atoms with Gasteiger partial charge in [-0.2, -0.15) is 0 Å². The van der Waals surface area contributed by atoms with E-state index in [1.807, 2.05) is 23.1 Å². The molecule has 21 heavy (non-hydrogen) atoms. The van der Waals surface area contributed by atoms with Crippen LogP contribution in [0.4, 0.5) is 0 Å². The number of aliphatic hydroxyl groups is 1. The maximum absolute atomic E-state index is 12.6. The quantitative estimate of drug-likeness (QED) is 0.842. The van der Waals surface area contributed by atoms with Crippen molar-refractivity contribution in [2.75, 3.05) is 26.2 Å². The van der Waals surface area contributed by atoms with E-state index in [4.69, 9.17) is 0 Å². The van der Waals surface area contributed by atoms with E-state index in [1.165, 1.54) is 0 Å². The first kappa shape index (κ1) is 16.0. The van der Waals surface area contributed by atoms with Crippen molar-refractivity contribution in [3.05, 3.63) is 35.9 Å². The molecule has 0 spiro atoms. The minimum atomic E-state index is -1.04. The Morgan fingerprint density at radius 1 is 1.33 bits per heavy atom. The molecule has 1 atom stereocenters. The van der Waals surface area contributed by atoms with Gasteiger partial charge in [0.25, 0.3) is 5.91 Å². The van der Waals surface area contributed by atoms with Gasteiger partial charge in [-0.3, -0.25) is 4.79 Å². The molecule has 0 radical (unpaired) electrons. The molecule has 4 heteroatoms. The monoisotopic (exact) mass is 290 g/mol. The number of aliphatic hydroxyl groups excluding tert-OH is 1. The molecule has 1 heterocycles. The third-order valence-electron chi connectivity index (χ3n) is 4.09. The molecule has 1 aromatic carbocycles. The van der Waals surface area contributed by atoms with Gasteiger partial charge in [-0.1, -0.05) is 37.3 Å². The summed E-state index contributed by atoms with van der Waals surface area (Å²) in [5.74, 6) is 0.381. The normalized spacial score (nSPS) is 17.4. The van der Waals surface area contributed by atoms with Crippen molar-refractivity contribution in [2.24, 2.45) is 5.92 Å². The number of nitrogens with one attached hydrogen (secondary N) is 1. The molecule has 1 fully saturated rings. The van der Waals surface area contributed by atoms with Crippen LogP contribution in [0.15, 0.2) is 30.3 Å². The lowest BCUT2D eigenvalue weighted by atomic mass is 9.97. The summed E-state index contributed by atoms with van der Waals surface area (Å²) >= 11 is 0. The summed E-state index contributed by atoms with van der Waals surface area (Å²) in [6, 6.07) is 9.19. The van der Waals surface area contributed by atoms with E-state index in [9.17, 15) is 9.90 Å². The Morgan fingerprint density at radius 2 is 2.00 bits per heavy atom. The second-order valence-electron chi connectivity index (χ2n) is 5.79. The first-order valence-corrected chi connectivity index (χ1v) is 7.95. The average Bonchev–Trinajstić information content (AvgIpc) is 2.55. The van der Waals surface area contributed by atoms with Crippen LogP contribution in [0.5, 0.6) is 0 Å². The van der Waals surface area contributed by atoms with Crippen molar-refractivity contribution in [3.63, 3.8) is 0 Å². The number of piperidine rings is 1. The van der Waals surface area contributed by atoms with E-state index < -0.39 is 6.10 Å². The molecule has 4 nitrogen and oxygen atoms in total. The largest absolute Gasteiger partial charge is 0.378 e. The van der Waals surface area contributed by atoms with Gasteiger partial charge in [0.2, 0.25) is 0 Å². The molecule has 0 aliphatic carbocycles. The maximum Gasteiger partial charge on any atom is 0.256 e. The third-order valence-corrected chi connectivity index (χ3v) is 4.09. The van der Waals surface area contributed by atoms with Crippen molar-refractivity contribution in [1.29, 1.82) is 0 Å². The standard InChI is InChI=1S/C17H26N2O2/c1-2-12-19(13-14-8-10-18-11-9-14)17(21)16(20)15-6-4-3-5-7-15/h3-7,14,16,18,20H,2,8-13H2,1H3. The number of rotatable bonds is 6. The highest BCUT2D eigenvalue weighted by molar-refractivity contribution is 5.82. The number of carbonyl (C=O) groups excluding carboxylic acids is 1. The minimum Gasteiger partial charge on any atom is -0.378 e. The SMILES string of the molecule is CCCN(CC1CCNCC1)C(=O)C(O)c1ccccc1. The van der Waals surface area contributed by atoms with Crippen LogP contribution in [0.1, 0.15) is 37.9 Å². The van der Waals surface area contributed by atoms with Gasteiger partial charge in [-0.15, -0.1) is 0 Å². The van der Waals surface area contributed by atoms with E-state index in [1.54, 1.807) is 12.1 Å². The molecule has 1 saturated heterocycles. The number of carbonyl (C=O) groups is 1. The lowest BCUT2D eigenvalue weighted by molar-refractivity contribution is -0.141. The van der Waals surface area contributed by atoms with Crippen molar-refractivity contribution >= 4 is 5.91 Å². The van der Waals surface area contributed by atoms with E-state index in [0.29, 0.717) is 18.0 Å². The van der Waals surface area contributed by atoms with Crippen molar-refractivity contribution < 1.29 is 9.90 Å². The van der Waals surface area contributed by atoms with E-state index >= 15 is 0 Å². The second-order valence-corrected chi connectivity index (χ2v) is 5.79. The molecule has 0 bridgehead atoms. The summed E-state index contributed by atoms with van der Waals surface area (Å²) in [6.45, 7) is 5.60. The van der Waals surface area contributed by atoms with Crippen LogP contribution in [0.25, 0.3) is 0 Å². The van der Waals surface area contributed by atoms with Gasteiger partial charge >= 0.3 is 0 Å². The fraction of sp³-hybridized carbons (Fsp3) is 0.588. The number of hydrogen-bond donors (Lipinski definition) is 2. The van der Waals surface area contributed by atoms with Gasteiger partial charge in [0, 0.05) is 13.1 Å². The van der Waals surface area contributed by atoms with Crippen molar-refractivity contribution in [3.8, 4) is 0 Å². The minimum absolute atomic E-state index is 0.165. The molecule has 1 amide bonds. The summed E-state index contributed by atoms with van der Waals surface area (Å²) in [7, 11) is 0. The van der Waals surface area contributed by atoms with E-state index in [2.05, 4.69) is 12.2 Å². The second kappa shape index (κ2) is 8.15. The molecule has 0 saturated carbocycles. The summed E-state index contributed by atoms with van der Waals surface area (Å²) in [5.41, 5.74) is 0.675. The molecule has 0 aromatic heterocycles. The number of amides is 1. The highest BCUT2D eigenvalue weighted by Crippen LogP contribution is 2.19. The number of hydrogen-bond acceptors (Lipinski definition) is 3. The van der Waals surface area contributed by atoms with Crippen molar-refractivity contribution in [1.82, 2.24) is 10.2 Å². The summed E-state index contributed by atoms with van der Waals surface area (Å²) in [6.07, 6.45) is 2.08. The zero-order valence-electron chi connectivity index (χ0n) is 12.8. The fourth-order valence-corrected chi connectivity index (χ4v) is 2.89. The van der Waals surface area contributed by atoms with Gasteiger partial charge in [0.1, 0.15) is 0 Å². The van der Waals surface area contributed by atoms with Crippen molar-refractivity contribution in [2.45, 2.75) is 32.3 Å². The molecule has 116 valence electrons. The molecule has 2 rings (SSSR count). The number of benzene rings is 1. The van der Waals surface area contributed by atoms with Gasteiger partial charge in [0.15, 0.2) is 6.10 Å². The first-order chi connectivity index (χ1) is 10.2. The average molecular weight is 290 g/mol. The smallest absolute Gasteiger partial charge is 0.256 e. The lowest BCUT2D eigenvalue weighted by Crippen LogP contribution is -2.41. The van der Waals surface area contributed by atoms with Gasteiger partial charge in [0.05, 0.1) is 0 Å². The van der Waals surface area contributed by atoms with Crippen LogP contribution >= 0.6 is 0 Å². The highest BCUT2D eigenvalue weighted by atomic mass is 16.3. The molecular weight excluding hydrogens is 264 g/mol. The highest BCUT2D eigenvalue weighted by Gasteiger charge is 2.26. The Kier molecular flexibility index (Phi) is 6.21. The molecular formula is C17H26N2O2. The molecule has 1 aliphatic rings. The third kappa shape index (κ3) is 4.55.